The molecule has 0 spiro atoms. The van der Waals surface area contributed by atoms with Crippen LogP contribution in [0.25, 0.3) is 0 Å². The summed E-state index contributed by atoms with van der Waals surface area (Å²) in [4.78, 5) is 35.9. The number of H-pyrrole nitrogens is 1. The summed E-state index contributed by atoms with van der Waals surface area (Å²) in [5, 5.41) is 13.4. The molecular weight excluding hydrogens is 298 g/mol. The number of methoxy groups -OCH3 is 1. The Morgan fingerprint density at radius 2 is 2.19 bits per heavy atom. The monoisotopic (exact) mass is 309 g/mol. The van der Waals surface area contributed by atoms with Crippen LogP contribution in [-0.2, 0) is 0 Å². The summed E-state index contributed by atoms with van der Waals surface area (Å²) in [6, 6.07) is 4.07. The molecule has 0 fully saturated rings. The topological polar surface area (TPSA) is 114 Å². The molecule has 1 amide bonds. The third-order valence-electron chi connectivity index (χ3n) is 2.66. The van der Waals surface area contributed by atoms with Gasteiger partial charge in [-0.15, -0.1) is 0 Å². The van der Waals surface area contributed by atoms with Crippen molar-refractivity contribution in [2.75, 3.05) is 12.4 Å². The van der Waals surface area contributed by atoms with E-state index < -0.39 is 10.8 Å². The molecular formula is C12H11N3O5S. The number of aromatic nitrogens is 1. The van der Waals surface area contributed by atoms with Gasteiger partial charge < -0.3 is 15.0 Å². The van der Waals surface area contributed by atoms with Crippen LogP contribution >= 0.6 is 11.3 Å². The van der Waals surface area contributed by atoms with Gasteiger partial charge in [-0.3, -0.25) is 19.7 Å². The van der Waals surface area contributed by atoms with E-state index in [1.165, 1.54) is 25.3 Å². The highest BCUT2D eigenvalue weighted by Crippen LogP contribution is 2.29. The van der Waals surface area contributed by atoms with Crippen molar-refractivity contribution in [1.82, 2.24) is 4.98 Å². The second-order valence-corrected chi connectivity index (χ2v) is 5.05. The summed E-state index contributed by atoms with van der Waals surface area (Å²) in [5.41, 5.74) is 0.438. The van der Waals surface area contributed by atoms with Gasteiger partial charge in [-0.1, -0.05) is 11.3 Å². The highest BCUT2D eigenvalue weighted by Gasteiger charge is 2.18. The predicted octanol–water partition coefficient (Wildman–Crippen LogP) is 1.91. The van der Waals surface area contributed by atoms with Gasteiger partial charge in [0.25, 0.3) is 5.91 Å². The molecule has 0 aliphatic heterocycles. The van der Waals surface area contributed by atoms with Gasteiger partial charge in [0.15, 0.2) is 5.75 Å². The minimum absolute atomic E-state index is 0.0977. The Balaban J connectivity index is 2.29. The zero-order valence-electron chi connectivity index (χ0n) is 11.1. The van der Waals surface area contributed by atoms with E-state index in [2.05, 4.69) is 10.3 Å². The van der Waals surface area contributed by atoms with E-state index >= 15 is 0 Å². The number of ether oxygens (including phenoxy) is 1. The number of thiazole rings is 1. The number of hydrogen-bond donors (Lipinski definition) is 2. The normalized spacial score (nSPS) is 10.2. The summed E-state index contributed by atoms with van der Waals surface area (Å²) < 4.78 is 4.88. The number of carbonyl (C=O) groups excluding carboxylic acids is 1. The van der Waals surface area contributed by atoms with Crippen LogP contribution in [0.5, 0.6) is 5.75 Å². The number of aromatic amines is 1. The third-order valence-corrected chi connectivity index (χ3v) is 3.65. The molecule has 9 heteroatoms. The van der Waals surface area contributed by atoms with E-state index in [-0.39, 0.29) is 26.9 Å². The SMILES string of the molecule is COc1ccc(NC(=O)c2sc(=O)[nH]c2C)cc1[N+](=O)[O-]. The molecule has 0 saturated carbocycles. The zero-order chi connectivity index (χ0) is 15.6. The number of rotatable bonds is 4. The lowest BCUT2D eigenvalue weighted by molar-refractivity contribution is -0.385. The van der Waals surface area contributed by atoms with Crippen molar-refractivity contribution in [3.63, 3.8) is 0 Å². The number of hydrogen-bond acceptors (Lipinski definition) is 6. The number of anilines is 1. The van der Waals surface area contributed by atoms with Gasteiger partial charge in [0, 0.05) is 17.4 Å². The molecule has 0 atom stereocenters. The van der Waals surface area contributed by atoms with Crippen LogP contribution in [0.4, 0.5) is 11.4 Å². The molecule has 0 unspecified atom stereocenters. The van der Waals surface area contributed by atoms with Gasteiger partial charge in [0.05, 0.1) is 12.0 Å². The molecule has 8 nitrogen and oxygen atoms in total. The van der Waals surface area contributed by atoms with Crippen LogP contribution in [0, 0.1) is 17.0 Å². The maximum Gasteiger partial charge on any atom is 0.312 e. The van der Waals surface area contributed by atoms with Crippen LogP contribution in [0.3, 0.4) is 0 Å². The molecule has 2 aromatic rings. The first-order valence-corrected chi connectivity index (χ1v) is 6.57. The Bertz CT molecular complexity index is 764. The fourth-order valence-electron chi connectivity index (χ4n) is 1.72. The minimum atomic E-state index is -0.603. The Morgan fingerprint density at radius 1 is 1.48 bits per heavy atom. The third kappa shape index (κ3) is 3.08. The number of carbonyl (C=O) groups is 1. The Labute approximate surface area is 122 Å². The molecule has 0 aliphatic rings. The molecule has 21 heavy (non-hydrogen) atoms. The van der Waals surface area contributed by atoms with Crippen molar-refractivity contribution < 1.29 is 14.5 Å². The second-order valence-electron chi connectivity index (χ2n) is 4.07. The average molecular weight is 309 g/mol. The molecule has 0 radical (unpaired) electrons. The number of nitrogens with one attached hydrogen (secondary N) is 2. The summed E-state index contributed by atoms with van der Waals surface area (Å²) >= 11 is 0.778. The van der Waals surface area contributed by atoms with Crippen molar-refractivity contribution in [2.24, 2.45) is 0 Å². The van der Waals surface area contributed by atoms with E-state index in [4.69, 9.17) is 4.74 Å². The van der Waals surface area contributed by atoms with Crippen molar-refractivity contribution in [2.45, 2.75) is 6.92 Å². The molecule has 0 saturated heterocycles. The molecule has 1 heterocycles. The lowest BCUT2D eigenvalue weighted by atomic mass is 10.2. The van der Waals surface area contributed by atoms with E-state index in [1.54, 1.807) is 6.92 Å². The van der Waals surface area contributed by atoms with Crippen molar-refractivity contribution in [1.29, 1.82) is 0 Å². The highest BCUT2D eigenvalue weighted by atomic mass is 32.1. The van der Waals surface area contributed by atoms with E-state index in [1.807, 2.05) is 0 Å². The molecule has 1 aromatic heterocycles. The lowest BCUT2D eigenvalue weighted by Gasteiger charge is -2.06. The molecule has 0 aliphatic carbocycles. The maximum atomic E-state index is 12.0. The van der Waals surface area contributed by atoms with E-state index in [0.29, 0.717) is 5.69 Å². The van der Waals surface area contributed by atoms with Crippen molar-refractivity contribution in [3.05, 3.63) is 48.6 Å². The number of amides is 1. The number of nitrogens with zero attached hydrogens (tertiary/aromatic N) is 1. The Hall–Kier alpha value is -2.68. The Morgan fingerprint density at radius 3 is 2.71 bits per heavy atom. The second kappa shape index (κ2) is 5.75. The van der Waals surface area contributed by atoms with Crippen LogP contribution < -0.4 is 14.9 Å². The largest absolute Gasteiger partial charge is 0.490 e. The number of nitro groups is 1. The van der Waals surface area contributed by atoms with Gasteiger partial charge in [-0.25, -0.2) is 0 Å². The van der Waals surface area contributed by atoms with Crippen molar-refractivity contribution >= 4 is 28.6 Å². The highest BCUT2D eigenvalue weighted by molar-refractivity contribution is 7.11. The summed E-state index contributed by atoms with van der Waals surface area (Å²) in [6.45, 7) is 1.60. The molecule has 1 aromatic carbocycles. The van der Waals surface area contributed by atoms with Gasteiger partial charge >= 0.3 is 10.6 Å². The fraction of sp³-hybridized carbons (Fsp3) is 0.167. The van der Waals surface area contributed by atoms with Crippen LogP contribution in [0.1, 0.15) is 15.4 Å². The summed E-state index contributed by atoms with van der Waals surface area (Å²) in [7, 11) is 1.32. The average Bonchev–Trinajstić information content (AvgIpc) is 2.77. The molecule has 110 valence electrons. The van der Waals surface area contributed by atoms with Gasteiger partial charge in [-0.2, -0.15) is 0 Å². The first-order chi connectivity index (χ1) is 9.92. The fourth-order valence-corrected chi connectivity index (χ4v) is 2.46. The Kier molecular flexibility index (Phi) is 4.03. The molecule has 0 bridgehead atoms. The lowest BCUT2D eigenvalue weighted by Crippen LogP contribution is -2.11. The van der Waals surface area contributed by atoms with E-state index in [0.717, 1.165) is 11.3 Å². The van der Waals surface area contributed by atoms with Gasteiger partial charge in [-0.05, 0) is 19.1 Å². The first kappa shape index (κ1) is 14.7. The number of benzene rings is 1. The van der Waals surface area contributed by atoms with Crippen LogP contribution in [0.2, 0.25) is 0 Å². The first-order valence-electron chi connectivity index (χ1n) is 5.76. The summed E-state index contributed by atoms with van der Waals surface area (Å²) in [6.07, 6.45) is 0. The summed E-state index contributed by atoms with van der Waals surface area (Å²) in [5.74, 6) is -0.407. The quantitative estimate of drug-likeness (QED) is 0.661. The van der Waals surface area contributed by atoms with Gasteiger partial charge in [0.1, 0.15) is 4.88 Å². The van der Waals surface area contributed by atoms with Gasteiger partial charge in [0.2, 0.25) is 0 Å². The van der Waals surface area contributed by atoms with Crippen LogP contribution in [0.15, 0.2) is 23.0 Å². The smallest absolute Gasteiger partial charge is 0.312 e. The van der Waals surface area contributed by atoms with E-state index in [9.17, 15) is 19.7 Å². The minimum Gasteiger partial charge on any atom is -0.490 e. The zero-order valence-corrected chi connectivity index (χ0v) is 11.9. The molecule has 2 rings (SSSR count). The maximum absolute atomic E-state index is 12.0. The van der Waals surface area contributed by atoms with Crippen LogP contribution in [-0.4, -0.2) is 22.9 Å². The number of aryl methyl sites for hydroxylation is 1. The standard InChI is InChI=1S/C12H11N3O5S/c1-6-10(21-12(17)13-6)11(16)14-7-3-4-9(20-2)8(5-7)15(18)19/h3-5H,1-2H3,(H,13,17)(H,14,16). The van der Waals surface area contributed by atoms with Crippen molar-refractivity contribution in [3.8, 4) is 5.75 Å². The predicted molar refractivity (Wildman–Crippen MR) is 77.3 cm³/mol. The number of nitro benzene ring substituents is 1. The molecule has 2 N–H and O–H groups in total.